The average molecular weight is 818 g/mol. The van der Waals surface area contributed by atoms with E-state index in [1.54, 1.807) is 0 Å². The lowest BCUT2D eigenvalue weighted by atomic mass is 9.63. The number of rotatable bonds is 8. The fourth-order valence-corrected chi connectivity index (χ4v) is 10.8. The zero-order valence-electron chi connectivity index (χ0n) is 35.2. The first-order valence-electron chi connectivity index (χ1n) is 22.1. The summed E-state index contributed by atoms with van der Waals surface area (Å²) < 4.78 is 6.82. The Kier molecular flexibility index (Phi) is 8.98. The van der Waals surface area contributed by atoms with Crippen LogP contribution in [0.25, 0.3) is 22.3 Å². The molecule has 10 aromatic carbocycles. The summed E-state index contributed by atoms with van der Waals surface area (Å²) in [7, 11) is 0. The maximum Gasteiger partial charge on any atom is 0.132 e. The second-order valence-corrected chi connectivity index (χ2v) is 16.8. The number of hydrogen-bond donors (Lipinski definition) is 0. The number of fused-ring (bicyclic) bond motifs is 5. The van der Waals surface area contributed by atoms with Crippen LogP contribution in [-0.4, -0.2) is 0 Å². The summed E-state index contributed by atoms with van der Waals surface area (Å²) >= 11 is 0. The van der Waals surface area contributed by atoms with Crippen molar-refractivity contribution in [2.45, 2.75) is 10.8 Å². The maximum atomic E-state index is 6.82. The summed E-state index contributed by atoms with van der Waals surface area (Å²) in [5.74, 6) is 1.71. The third-order valence-corrected chi connectivity index (χ3v) is 13.5. The first kappa shape index (κ1) is 37.6. The van der Waals surface area contributed by atoms with Crippen molar-refractivity contribution in [1.29, 1.82) is 0 Å². The van der Waals surface area contributed by atoms with Crippen molar-refractivity contribution < 1.29 is 4.74 Å². The molecule has 0 aromatic heterocycles. The molecule has 0 bridgehead atoms. The van der Waals surface area contributed by atoms with Gasteiger partial charge in [0.05, 0.1) is 10.8 Å². The monoisotopic (exact) mass is 817 g/mol. The van der Waals surface area contributed by atoms with Gasteiger partial charge in [-0.2, -0.15) is 0 Å². The third-order valence-electron chi connectivity index (χ3n) is 13.5. The van der Waals surface area contributed by atoms with E-state index < -0.39 is 10.8 Å². The Hall–Kier alpha value is -8.20. The lowest BCUT2D eigenvalue weighted by Gasteiger charge is -2.42. The number of ether oxygens (including phenoxy) is 1. The maximum absolute atomic E-state index is 6.82. The molecule has 0 N–H and O–H groups in total. The zero-order chi connectivity index (χ0) is 42.5. The van der Waals surface area contributed by atoms with E-state index in [1.807, 2.05) is 0 Å². The summed E-state index contributed by atoms with van der Waals surface area (Å²) in [5.41, 5.74) is 16.6. The van der Waals surface area contributed by atoms with E-state index in [2.05, 4.69) is 266 Å². The van der Waals surface area contributed by atoms with Gasteiger partial charge >= 0.3 is 0 Å². The first-order chi connectivity index (χ1) is 31.7. The topological polar surface area (TPSA) is 12.5 Å². The van der Waals surface area contributed by atoms with Gasteiger partial charge in [0.1, 0.15) is 11.5 Å². The molecular weight excluding hydrogens is 775 g/mol. The fraction of sp³-hybridized carbons (Fsp3) is 0.0323. The molecule has 2 heteroatoms. The quantitative estimate of drug-likeness (QED) is 0.151. The highest BCUT2D eigenvalue weighted by Crippen LogP contribution is 2.58. The smallest absolute Gasteiger partial charge is 0.132 e. The van der Waals surface area contributed by atoms with Crippen LogP contribution in [0.3, 0.4) is 0 Å². The SMILES string of the molecule is c1ccc(N(c2cccc(-c3cccc(C4(c5ccccc5)c5ccccc5-c5ccccc54)c3)c2)c2ccc3c(c2)C(c2ccccc2)(c2ccccc2)c2ccccc2O3)cc1. The van der Waals surface area contributed by atoms with Gasteiger partial charge in [-0.05, 0) is 110 Å². The molecule has 0 fully saturated rings. The molecule has 0 unspecified atom stereocenters. The fourth-order valence-electron chi connectivity index (χ4n) is 10.8. The Labute approximate surface area is 375 Å². The van der Waals surface area contributed by atoms with Crippen LogP contribution in [0.15, 0.2) is 261 Å². The van der Waals surface area contributed by atoms with E-state index in [9.17, 15) is 0 Å². The predicted octanol–water partition coefficient (Wildman–Crippen LogP) is 15.7. The van der Waals surface area contributed by atoms with Gasteiger partial charge < -0.3 is 9.64 Å². The minimum absolute atomic E-state index is 0.480. The Balaban J connectivity index is 1.04. The lowest BCUT2D eigenvalue weighted by molar-refractivity contribution is 0.434. The molecule has 10 aromatic rings. The molecule has 2 aliphatic rings. The second-order valence-electron chi connectivity index (χ2n) is 16.8. The van der Waals surface area contributed by atoms with Crippen molar-refractivity contribution in [2.75, 3.05) is 4.90 Å². The number of nitrogens with zero attached hydrogens (tertiary/aromatic N) is 1. The number of hydrogen-bond acceptors (Lipinski definition) is 2. The normalized spacial score (nSPS) is 13.7. The number of anilines is 3. The van der Waals surface area contributed by atoms with Crippen LogP contribution in [0.1, 0.15) is 44.5 Å². The zero-order valence-corrected chi connectivity index (χ0v) is 35.2. The van der Waals surface area contributed by atoms with Gasteiger partial charge in [-0.15, -0.1) is 0 Å². The Morgan fingerprint density at radius 2 is 0.688 bits per heavy atom. The predicted molar refractivity (Wildman–Crippen MR) is 262 cm³/mol. The van der Waals surface area contributed by atoms with E-state index >= 15 is 0 Å². The molecule has 0 radical (unpaired) electrons. The highest BCUT2D eigenvalue weighted by atomic mass is 16.5. The Bertz CT molecular complexity index is 3220. The first-order valence-corrected chi connectivity index (χ1v) is 22.1. The minimum Gasteiger partial charge on any atom is -0.457 e. The number of benzene rings is 10. The summed E-state index contributed by atoms with van der Waals surface area (Å²) in [6.07, 6.45) is 0. The van der Waals surface area contributed by atoms with Gasteiger partial charge in [0.25, 0.3) is 0 Å². The van der Waals surface area contributed by atoms with Crippen molar-refractivity contribution in [3.05, 3.63) is 305 Å². The molecule has 0 saturated heterocycles. The van der Waals surface area contributed by atoms with Gasteiger partial charge in [0.2, 0.25) is 0 Å². The van der Waals surface area contributed by atoms with Crippen LogP contribution in [0.4, 0.5) is 17.1 Å². The molecule has 302 valence electrons. The molecule has 0 atom stereocenters. The van der Waals surface area contributed by atoms with Gasteiger partial charge in [-0.1, -0.05) is 206 Å². The minimum atomic E-state index is -0.639. The highest BCUT2D eigenvalue weighted by Gasteiger charge is 2.47. The molecule has 1 aliphatic heterocycles. The van der Waals surface area contributed by atoms with Gasteiger partial charge in [-0.3, -0.25) is 0 Å². The Morgan fingerprint density at radius 1 is 0.266 bits per heavy atom. The molecule has 0 spiro atoms. The summed E-state index contributed by atoms with van der Waals surface area (Å²) in [5, 5.41) is 0. The highest BCUT2D eigenvalue weighted by molar-refractivity contribution is 5.87. The summed E-state index contributed by atoms with van der Waals surface area (Å²) in [4.78, 5) is 2.38. The molecule has 1 aliphatic carbocycles. The van der Waals surface area contributed by atoms with E-state index in [4.69, 9.17) is 4.74 Å². The van der Waals surface area contributed by atoms with E-state index in [0.29, 0.717) is 0 Å². The lowest BCUT2D eigenvalue weighted by Crippen LogP contribution is -2.34. The van der Waals surface area contributed by atoms with Crippen LogP contribution >= 0.6 is 0 Å². The van der Waals surface area contributed by atoms with Crippen molar-refractivity contribution in [1.82, 2.24) is 0 Å². The summed E-state index contributed by atoms with van der Waals surface area (Å²) in [6, 6.07) is 94.8. The van der Waals surface area contributed by atoms with Crippen LogP contribution in [-0.2, 0) is 10.8 Å². The Morgan fingerprint density at radius 3 is 1.30 bits per heavy atom. The van der Waals surface area contributed by atoms with Crippen molar-refractivity contribution in [2.24, 2.45) is 0 Å². The molecule has 2 nitrogen and oxygen atoms in total. The third kappa shape index (κ3) is 5.73. The molecule has 64 heavy (non-hydrogen) atoms. The molecular formula is C62H43NO. The van der Waals surface area contributed by atoms with Crippen molar-refractivity contribution >= 4 is 17.1 Å². The van der Waals surface area contributed by atoms with Crippen molar-refractivity contribution in [3.63, 3.8) is 0 Å². The molecule has 0 saturated carbocycles. The van der Waals surface area contributed by atoms with E-state index in [1.165, 1.54) is 44.5 Å². The number of para-hydroxylation sites is 2. The van der Waals surface area contributed by atoms with Crippen LogP contribution in [0.2, 0.25) is 0 Å². The van der Waals surface area contributed by atoms with Gasteiger partial charge in [0.15, 0.2) is 0 Å². The van der Waals surface area contributed by atoms with Crippen molar-refractivity contribution in [3.8, 4) is 33.8 Å². The van der Waals surface area contributed by atoms with Crippen LogP contribution < -0.4 is 9.64 Å². The standard InChI is InChI=1S/C62H43NO/c1-5-23-46(24-6-1)61(47-25-7-2-8-26-47)57-37-17-18-38-59(57)64-60-40-39-52(43-58(60)61)63(50-30-11-4-12-31-50)51-32-20-22-45(42-51)44-21-19-29-49(41-44)62(48-27-9-3-10-28-48)55-35-15-13-33-53(55)54-34-14-16-36-56(54)62/h1-43H. The van der Waals surface area contributed by atoms with Gasteiger partial charge in [-0.25, -0.2) is 0 Å². The van der Waals surface area contributed by atoms with E-state index in [-0.39, 0.29) is 0 Å². The van der Waals surface area contributed by atoms with Crippen LogP contribution in [0, 0.1) is 0 Å². The average Bonchev–Trinajstić information content (AvgIpc) is 3.68. The summed E-state index contributed by atoms with van der Waals surface area (Å²) in [6.45, 7) is 0. The molecule has 1 heterocycles. The van der Waals surface area contributed by atoms with E-state index in [0.717, 1.165) is 50.8 Å². The largest absolute Gasteiger partial charge is 0.457 e. The molecule has 12 rings (SSSR count). The van der Waals surface area contributed by atoms with Crippen LogP contribution in [0.5, 0.6) is 11.5 Å². The molecule has 0 amide bonds. The second kappa shape index (κ2) is 15.3. The van der Waals surface area contributed by atoms with Gasteiger partial charge in [0, 0.05) is 28.2 Å².